The standard InChI is InChI=1S/C17H34N4O/c1-5-18-17(21-11-14(2)10-15(3)12-21)19-6-7-20-8-9-22-13-16(20)4/h14-16H,5-13H2,1-4H3,(H,18,19). The molecule has 5 heteroatoms. The van der Waals surface area contributed by atoms with Crippen LogP contribution in [-0.4, -0.2) is 74.3 Å². The van der Waals surface area contributed by atoms with Gasteiger partial charge in [-0.05, 0) is 32.1 Å². The second-order valence-corrected chi connectivity index (χ2v) is 7.05. The zero-order chi connectivity index (χ0) is 15.9. The van der Waals surface area contributed by atoms with E-state index in [1.165, 1.54) is 6.42 Å². The Morgan fingerprint density at radius 1 is 1.23 bits per heavy atom. The van der Waals surface area contributed by atoms with E-state index in [1.807, 2.05) is 0 Å². The van der Waals surface area contributed by atoms with Gasteiger partial charge >= 0.3 is 0 Å². The van der Waals surface area contributed by atoms with Crippen molar-refractivity contribution in [3.05, 3.63) is 0 Å². The minimum Gasteiger partial charge on any atom is -0.379 e. The molecule has 22 heavy (non-hydrogen) atoms. The Kier molecular flexibility index (Phi) is 6.96. The maximum atomic E-state index is 5.50. The molecule has 1 N–H and O–H groups in total. The first-order chi connectivity index (χ1) is 10.6. The van der Waals surface area contributed by atoms with Crippen LogP contribution in [-0.2, 0) is 4.74 Å². The molecular formula is C17H34N4O. The van der Waals surface area contributed by atoms with E-state index < -0.39 is 0 Å². The van der Waals surface area contributed by atoms with Crippen molar-refractivity contribution in [1.29, 1.82) is 0 Å². The average molecular weight is 310 g/mol. The number of hydrogen-bond acceptors (Lipinski definition) is 3. The average Bonchev–Trinajstić information content (AvgIpc) is 2.47. The van der Waals surface area contributed by atoms with Crippen LogP contribution in [0.2, 0.25) is 0 Å². The number of piperidine rings is 1. The van der Waals surface area contributed by atoms with E-state index in [-0.39, 0.29) is 0 Å². The third-order valence-corrected chi connectivity index (χ3v) is 4.66. The molecule has 0 radical (unpaired) electrons. The lowest BCUT2D eigenvalue weighted by atomic mass is 9.92. The third-order valence-electron chi connectivity index (χ3n) is 4.66. The zero-order valence-electron chi connectivity index (χ0n) is 14.8. The van der Waals surface area contributed by atoms with Crippen LogP contribution in [0.3, 0.4) is 0 Å². The fourth-order valence-electron chi connectivity index (χ4n) is 3.64. The summed E-state index contributed by atoms with van der Waals surface area (Å²) in [6, 6.07) is 0.515. The van der Waals surface area contributed by atoms with Gasteiger partial charge < -0.3 is 15.0 Å². The smallest absolute Gasteiger partial charge is 0.193 e. The van der Waals surface area contributed by atoms with Crippen LogP contribution < -0.4 is 5.32 Å². The Labute approximate surface area is 136 Å². The number of rotatable bonds is 4. The molecule has 3 unspecified atom stereocenters. The monoisotopic (exact) mass is 310 g/mol. The molecular weight excluding hydrogens is 276 g/mol. The van der Waals surface area contributed by atoms with E-state index >= 15 is 0 Å². The summed E-state index contributed by atoms with van der Waals surface area (Å²) in [6.07, 6.45) is 1.33. The van der Waals surface area contributed by atoms with Gasteiger partial charge in [0.1, 0.15) is 0 Å². The highest BCUT2D eigenvalue weighted by Crippen LogP contribution is 2.20. The van der Waals surface area contributed by atoms with E-state index in [9.17, 15) is 0 Å². The van der Waals surface area contributed by atoms with E-state index in [2.05, 4.69) is 42.8 Å². The summed E-state index contributed by atoms with van der Waals surface area (Å²) in [4.78, 5) is 9.82. The van der Waals surface area contributed by atoms with Crippen molar-refractivity contribution in [2.75, 3.05) is 52.5 Å². The van der Waals surface area contributed by atoms with E-state index in [1.54, 1.807) is 0 Å². The van der Waals surface area contributed by atoms with E-state index in [0.717, 1.165) is 70.3 Å². The van der Waals surface area contributed by atoms with Crippen molar-refractivity contribution < 1.29 is 4.74 Å². The summed E-state index contributed by atoms with van der Waals surface area (Å²) in [7, 11) is 0. The highest BCUT2D eigenvalue weighted by Gasteiger charge is 2.24. The Hall–Kier alpha value is -0.810. The quantitative estimate of drug-likeness (QED) is 0.633. The molecule has 2 saturated heterocycles. The van der Waals surface area contributed by atoms with Gasteiger partial charge in [-0.1, -0.05) is 13.8 Å². The van der Waals surface area contributed by atoms with E-state index in [4.69, 9.17) is 9.73 Å². The highest BCUT2D eigenvalue weighted by molar-refractivity contribution is 5.80. The van der Waals surface area contributed by atoms with Crippen LogP contribution in [0.1, 0.15) is 34.1 Å². The Balaban J connectivity index is 1.88. The molecule has 2 aliphatic rings. The second kappa shape index (κ2) is 8.73. The SMILES string of the molecule is CCNC(=NCCN1CCOCC1C)N1CC(C)CC(C)C1. The maximum absolute atomic E-state index is 5.50. The predicted molar refractivity (Wildman–Crippen MR) is 92.4 cm³/mol. The van der Waals surface area contributed by atoms with Crippen molar-refractivity contribution >= 4 is 5.96 Å². The van der Waals surface area contributed by atoms with Crippen molar-refractivity contribution in [2.24, 2.45) is 16.8 Å². The van der Waals surface area contributed by atoms with Crippen molar-refractivity contribution in [3.63, 3.8) is 0 Å². The van der Waals surface area contributed by atoms with Gasteiger partial charge in [0, 0.05) is 38.8 Å². The molecule has 0 aliphatic carbocycles. The minimum absolute atomic E-state index is 0.515. The number of ether oxygens (including phenoxy) is 1. The van der Waals surface area contributed by atoms with Gasteiger partial charge in [-0.15, -0.1) is 0 Å². The van der Waals surface area contributed by atoms with Crippen molar-refractivity contribution in [2.45, 2.75) is 40.2 Å². The lowest BCUT2D eigenvalue weighted by Gasteiger charge is -2.37. The van der Waals surface area contributed by atoms with Crippen LogP contribution >= 0.6 is 0 Å². The first-order valence-electron chi connectivity index (χ1n) is 8.95. The summed E-state index contributed by atoms with van der Waals surface area (Å²) in [6.45, 7) is 16.9. The number of nitrogens with one attached hydrogen (secondary N) is 1. The highest BCUT2D eigenvalue weighted by atomic mass is 16.5. The fraction of sp³-hybridized carbons (Fsp3) is 0.941. The Morgan fingerprint density at radius 2 is 1.95 bits per heavy atom. The van der Waals surface area contributed by atoms with E-state index in [0.29, 0.717) is 6.04 Å². The minimum atomic E-state index is 0.515. The lowest BCUT2D eigenvalue weighted by Crippen LogP contribution is -2.49. The van der Waals surface area contributed by atoms with Gasteiger partial charge in [-0.2, -0.15) is 0 Å². The third kappa shape index (κ3) is 5.13. The van der Waals surface area contributed by atoms with Gasteiger partial charge in [-0.25, -0.2) is 0 Å². The van der Waals surface area contributed by atoms with Crippen LogP contribution in [0.5, 0.6) is 0 Å². The number of likely N-dealkylation sites (tertiary alicyclic amines) is 1. The van der Waals surface area contributed by atoms with Gasteiger partial charge in [0.05, 0.1) is 19.8 Å². The number of morpholine rings is 1. The molecule has 0 bridgehead atoms. The van der Waals surface area contributed by atoms with Crippen molar-refractivity contribution in [1.82, 2.24) is 15.1 Å². The maximum Gasteiger partial charge on any atom is 0.193 e. The predicted octanol–water partition coefficient (Wildman–Crippen LogP) is 1.65. The number of hydrogen-bond donors (Lipinski definition) is 1. The second-order valence-electron chi connectivity index (χ2n) is 7.05. The molecule has 0 amide bonds. The van der Waals surface area contributed by atoms with Crippen LogP contribution in [0.15, 0.2) is 4.99 Å². The molecule has 0 spiro atoms. The molecule has 0 aromatic heterocycles. The first kappa shape index (κ1) is 17.5. The van der Waals surface area contributed by atoms with Gasteiger partial charge in [0.25, 0.3) is 0 Å². The molecule has 5 nitrogen and oxygen atoms in total. The van der Waals surface area contributed by atoms with Gasteiger partial charge in [0.2, 0.25) is 0 Å². The molecule has 2 aliphatic heterocycles. The molecule has 0 aromatic rings. The fourth-order valence-corrected chi connectivity index (χ4v) is 3.64. The summed E-state index contributed by atoms with van der Waals surface area (Å²) >= 11 is 0. The van der Waals surface area contributed by atoms with Crippen LogP contribution in [0, 0.1) is 11.8 Å². The molecule has 0 saturated carbocycles. The molecule has 2 rings (SSSR count). The Bertz CT molecular complexity index is 351. The number of nitrogens with zero attached hydrogens (tertiary/aromatic N) is 3. The molecule has 128 valence electrons. The summed E-state index contributed by atoms with van der Waals surface area (Å²) < 4.78 is 5.50. The number of guanidine groups is 1. The van der Waals surface area contributed by atoms with Crippen LogP contribution in [0.4, 0.5) is 0 Å². The number of aliphatic imine (C=N–C) groups is 1. The van der Waals surface area contributed by atoms with Crippen molar-refractivity contribution in [3.8, 4) is 0 Å². The molecule has 3 atom stereocenters. The molecule has 2 heterocycles. The zero-order valence-corrected chi connectivity index (χ0v) is 14.8. The summed E-state index contributed by atoms with van der Waals surface area (Å²) in [5.74, 6) is 2.61. The summed E-state index contributed by atoms with van der Waals surface area (Å²) in [5.41, 5.74) is 0. The van der Waals surface area contributed by atoms with Gasteiger partial charge in [-0.3, -0.25) is 9.89 Å². The van der Waals surface area contributed by atoms with Gasteiger partial charge in [0.15, 0.2) is 5.96 Å². The molecule has 2 fully saturated rings. The topological polar surface area (TPSA) is 40.1 Å². The molecule has 0 aromatic carbocycles. The first-order valence-corrected chi connectivity index (χ1v) is 8.95. The van der Waals surface area contributed by atoms with Crippen LogP contribution in [0.25, 0.3) is 0 Å². The normalized spacial score (nSPS) is 31.4. The Morgan fingerprint density at radius 3 is 2.59 bits per heavy atom. The largest absolute Gasteiger partial charge is 0.379 e. The summed E-state index contributed by atoms with van der Waals surface area (Å²) in [5, 5.41) is 3.48. The lowest BCUT2D eigenvalue weighted by molar-refractivity contribution is 0.00138.